The monoisotopic (exact) mass is 239 g/mol. The van der Waals surface area contributed by atoms with Gasteiger partial charge in [0.05, 0.1) is 5.56 Å². The van der Waals surface area contributed by atoms with Crippen LogP contribution in [0, 0.1) is 0 Å². The third kappa shape index (κ3) is 3.56. The van der Waals surface area contributed by atoms with Crippen LogP contribution in [0.2, 0.25) is 0 Å². The molecule has 0 saturated carbocycles. The number of nitrogens with one attached hydrogen (secondary N) is 1. The van der Waals surface area contributed by atoms with E-state index in [1.165, 1.54) is 12.1 Å². The summed E-state index contributed by atoms with van der Waals surface area (Å²) in [6, 6.07) is 3.65. The molecule has 0 saturated heterocycles. The zero-order valence-corrected chi connectivity index (χ0v) is 8.92. The van der Waals surface area contributed by atoms with Crippen LogP contribution in [0.4, 0.5) is 0 Å². The summed E-state index contributed by atoms with van der Waals surface area (Å²) in [5, 5.41) is 31.9. The van der Waals surface area contributed by atoms with Crippen LogP contribution in [0.5, 0.6) is 11.5 Å². The predicted molar refractivity (Wildman–Crippen MR) is 60.1 cm³/mol. The number of aromatic hydroxyl groups is 2. The number of amides is 1. The first kappa shape index (κ1) is 12.6. The molecule has 0 aliphatic rings. The smallest absolute Gasteiger partial charge is 0.255 e. The molecule has 0 atom stereocenters. The van der Waals surface area contributed by atoms with E-state index in [1.807, 2.05) is 0 Å². The van der Waals surface area contributed by atoms with Gasteiger partial charge in [0, 0.05) is 19.0 Å². The molecule has 0 aliphatic carbocycles. The molecule has 1 aromatic carbocycles. The maximum atomic E-state index is 11.6. The first-order valence-electron chi connectivity index (χ1n) is 4.81. The Morgan fingerprint density at radius 3 is 2.71 bits per heavy atom. The number of nitrogens with two attached hydrogens (primary N) is 1. The second-order valence-corrected chi connectivity index (χ2v) is 3.30. The number of oxime groups is 1. The van der Waals surface area contributed by atoms with Gasteiger partial charge in [0.25, 0.3) is 5.91 Å². The van der Waals surface area contributed by atoms with E-state index in [4.69, 9.17) is 16.0 Å². The fourth-order valence-electron chi connectivity index (χ4n) is 1.16. The van der Waals surface area contributed by atoms with E-state index in [0.717, 1.165) is 6.07 Å². The summed E-state index contributed by atoms with van der Waals surface area (Å²) in [7, 11) is 0. The SMILES string of the molecule is N/C(CCNC(=O)c1ccc(O)cc1O)=N/O. The van der Waals surface area contributed by atoms with Gasteiger partial charge in [-0.3, -0.25) is 4.79 Å². The van der Waals surface area contributed by atoms with Crippen molar-refractivity contribution in [2.24, 2.45) is 10.9 Å². The van der Waals surface area contributed by atoms with Crippen LogP contribution < -0.4 is 11.1 Å². The van der Waals surface area contributed by atoms with Crippen molar-refractivity contribution in [2.75, 3.05) is 6.54 Å². The lowest BCUT2D eigenvalue weighted by molar-refractivity contribution is 0.0952. The van der Waals surface area contributed by atoms with E-state index < -0.39 is 5.91 Å². The summed E-state index contributed by atoms with van der Waals surface area (Å²) in [6.45, 7) is 0.176. The molecule has 6 N–H and O–H groups in total. The third-order valence-corrected chi connectivity index (χ3v) is 2.02. The number of carbonyl (C=O) groups is 1. The molecule has 1 aromatic rings. The summed E-state index contributed by atoms with van der Waals surface area (Å²) in [4.78, 5) is 11.6. The summed E-state index contributed by atoms with van der Waals surface area (Å²) in [5.41, 5.74) is 5.26. The fourth-order valence-corrected chi connectivity index (χ4v) is 1.16. The topological polar surface area (TPSA) is 128 Å². The number of benzene rings is 1. The molecule has 0 aliphatic heterocycles. The van der Waals surface area contributed by atoms with E-state index in [2.05, 4.69) is 10.5 Å². The summed E-state index contributed by atoms with van der Waals surface area (Å²) in [6.07, 6.45) is 0.196. The van der Waals surface area contributed by atoms with Crippen molar-refractivity contribution in [2.45, 2.75) is 6.42 Å². The fraction of sp³-hybridized carbons (Fsp3) is 0.200. The van der Waals surface area contributed by atoms with Crippen molar-refractivity contribution in [1.82, 2.24) is 5.32 Å². The molecular formula is C10H13N3O4. The number of nitrogens with zero attached hydrogens (tertiary/aromatic N) is 1. The zero-order valence-electron chi connectivity index (χ0n) is 8.92. The number of phenols is 2. The Kier molecular flexibility index (Phi) is 4.15. The second kappa shape index (κ2) is 5.59. The van der Waals surface area contributed by atoms with Crippen LogP contribution in [0.25, 0.3) is 0 Å². The molecule has 0 fully saturated rings. The molecule has 7 heteroatoms. The van der Waals surface area contributed by atoms with Crippen LogP contribution in [0.1, 0.15) is 16.8 Å². The Bertz CT molecular complexity index is 445. The molecule has 0 unspecified atom stereocenters. The Labute approximate surface area is 97.2 Å². The van der Waals surface area contributed by atoms with Crippen LogP contribution in [0.3, 0.4) is 0 Å². The first-order valence-corrected chi connectivity index (χ1v) is 4.81. The van der Waals surface area contributed by atoms with E-state index in [1.54, 1.807) is 0 Å². The normalized spacial score (nSPS) is 11.2. The van der Waals surface area contributed by atoms with Crippen molar-refractivity contribution in [3.63, 3.8) is 0 Å². The minimum absolute atomic E-state index is 0.000211. The van der Waals surface area contributed by atoms with Gasteiger partial charge in [-0.15, -0.1) is 0 Å². The van der Waals surface area contributed by atoms with E-state index in [9.17, 15) is 9.90 Å². The molecule has 92 valence electrons. The number of hydrogen-bond acceptors (Lipinski definition) is 5. The van der Waals surface area contributed by atoms with Gasteiger partial charge in [-0.2, -0.15) is 0 Å². The van der Waals surface area contributed by atoms with Crippen molar-refractivity contribution in [3.05, 3.63) is 23.8 Å². The molecular weight excluding hydrogens is 226 g/mol. The minimum Gasteiger partial charge on any atom is -0.508 e. The molecule has 1 rings (SSSR count). The van der Waals surface area contributed by atoms with Crippen molar-refractivity contribution in [3.8, 4) is 11.5 Å². The Morgan fingerprint density at radius 1 is 1.41 bits per heavy atom. The number of hydrogen-bond donors (Lipinski definition) is 5. The summed E-state index contributed by atoms with van der Waals surface area (Å²) in [5.74, 6) is -0.949. The maximum absolute atomic E-state index is 11.6. The van der Waals surface area contributed by atoms with Crippen LogP contribution in [-0.4, -0.2) is 33.7 Å². The Hall–Kier alpha value is -2.44. The lowest BCUT2D eigenvalue weighted by Crippen LogP contribution is -2.28. The average molecular weight is 239 g/mol. The number of phenolic OH excluding ortho intramolecular Hbond substituents is 2. The second-order valence-electron chi connectivity index (χ2n) is 3.30. The Balaban J connectivity index is 2.58. The Morgan fingerprint density at radius 2 is 2.12 bits per heavy atom. The van der Waals surface area contributed by atoms with Gasteiger partial charge in [0.15, 0.2) is 0 Å². The minimum atomic E-state index is -0.506. The third-order valence-electron chi connectivity index (χ3n) is 2.02. The van der Waals surface area contributed by atoms with Crippen LogP contribution in [-0.2, 0) is 0 Å². The summed E-state index contributed by atoms with van der Waals surface area (Å²) < 4.78 is 0. The average Bonchev–Trinajstić information content (AvgIpc) is 2.28. The molecule has 0 bridgehead atoms. The molecule has 7 nitrogen and oxygen atoms in total. The number of amidine groups is 1. The number of rotatable bonds is 4. The van der Waals surface area contributed by atoms with Gasteiger partial charge < -0.3 is 26.5 Å². The van der Waals surface area contributed by atoms with Gasteiger partial charge in [-0.1, -0.05) is 5.16 Å². The maximum Gasteiger partial charge on any atom is 0.255 e. The van der Waals surface area contributed by atoms with Crippen molar-refractivity contribution < 1.29 is 20.2 Å². The summed E-state index contributed by atoms with van der Waals surface area (Å²) >= 11 is 0. The highest BCUT2D eigenvalue weighted by Gasteiger charge is 2.10. The highest BCUT2D eigenvalue weighted by molar-refractivity contribution is 5.97. The highest BCUT2D eigenvalue weighted by atomic mass is 16.4. The van der Waals surface area contributed by atoms with Crippen molar-refractivity contribution in [1.29, 1.82) is 0 Å². The van der Waals surface area contributed by atoms with Crippen LogP contribution in [0.15, 0.2) is 23.4 Å². The lowest BCUT2D eigenvalue weighted by Gasteiger charge is -2.06. The number of carbonyl (C=O) groups excluding carboxylic acids is 1. The molecule has 0 heterocycles. The van der Waals surface area contributed by atoms with E-state index in [-0.39, 0.29) is 35.9 Å². The van der Waals surface area contributed by atoms with E-state index >= 15 is 0 Å². The molecule has 0 radical (unpaired) electrons. The molecule has 0 aromatic heterocycles. The highest BCUT2D eigenvalue weighted by Crippen LogP contribution is 2.22. The standard InChI is InChI=1S/C10H13N3O4/c11-9(13-17)3-4-12-10(16)7-2-1-6(14)5-8(7)15/h1-2,5,14-15,17H,3-4H2,(H2,11,13)(H,12,16). The van der Waals surface area contributed by atoms with Gasteiger partial charge in [-0.25, -0.2) is 0 Å². The van der Waals surface area contributed by atoms with E-state index in [0.29, 0.717) is 0 Å². The van der Waals surface area contributed by atoms with Crippen molar-refractivity contribution >= 4 is 11.7 Å². The van der Waals surface area contributed by atoms with Gasteiger partial charge in [0.1, 0.15) is 17.3 Å². The predicted octanol–water partition coefficient (Wildman–Crippen LogP) is -0.0359. The zero-order chi connectivity index (χ0) is 12.8. The lowest BCUT2D eigenvalue weighted by atomic mass is 10.2. The first-order chi connectivity index (χ1) is 8.04. The largest absolute Gasteiger partial charge is 0.508 e. The van der Waals surface area contributed by atoms with Crippen LogP contribution >= 0.6 is 0 Å². The molecule has 1 amide bonds. The quantitative estimate of drug-likeness (QED) is 0.218. The van der Waals surface area contributed by atoms with Gasteiger partial charge in [-0.05, 0) is 12.1 Å². The molecule has 0 spiro atoms. The molecule has 17 heavy (non-hydrogen) atoms. The van der Waals surface area contributed by atoms with Gasteiger partial charge >= 0.3 is 0 Å². The van der Waals surface area contributed by atoms with Gasteiger partial charge in [0.2, 0.25) is 0 Å².